The molecule has 4 nitrogen and oxygen atoms in total. The first kappa shape index (κ1) is 34.6. The van der Waals surface area contributed by atoms with Crippen molar-refractivity contribution in [2.24, 2.45) is 0 Å². The highest BCUT2D eigenvalue weighted by Gasteiger charge is 2.17. The van der Waals surface area contributed by atoms with Gasteiger partial charge in [0, 0.05) is 6.42 Å². The summed E-state index contributed by atoms with van der Waals surface area (Å²) < 4.78 is 0. The van der Waals surface area contributed by atoms with Crippen molar-refractivity contribution in [1.82, 2.24) is 5.32 Å². The van der Waals surface area contributed by atoms with E-state index in [9.17, 15) is 15.0 Å². The van der Waals surface area contributed by atoms with Crippen molar-refractivity contribution in [2.75, 3.05) is 6.61 Å². The quantitative estimate of drug-likeness (QED) is 0.0817. The fourth-order valence-electron chi connectivity index (χ4n) is 4.18. The summed E-state index contributed by atoms with van der Waals surface area (Å²) in [6.07, 6.45) is 35.0. The van der Waals surface area contributed by atoms with Crippen molar-refractivity contribution in [2.45, 2.75) is 154 Å². The van der Waals surface area contributed by atoms with Crippen LogP contribution in [0.25, 0.3) is 0 Å². The normalized spacial score (nSPS) is 13.8. The Morgan fingerprint density at radius 2 is 1.08 bits per heavy atom. The van der Waals surface area contributed by atoms with Gasteiger partial charge in [0.15, 0.2) is 0 Å². The number of aliphatic hydroxyl groups is 2. The van der Waals surface area contributed by atoms with Gasteiger partial charge in [-0.1, -0.05) is 115 Å². The minimum Gasteiger partial charge on any atom is -0.394 e. The summed E-state index contributed by atoms with van der Waals surface area (Å²) >= 11 is 0. The lowest BCUT2D eigenvalue weighted by Gasteiger charge is -2.19. The summed E-state index contributed by atoms with van der Waals surface area (Å²) in [5.74, 6) is -0.0885. The fraction of sp³-hybridized carbons (Fsp3) is 0.781. The van der Waals surface area contributed by atoms with Crippen LogP contribution in [0.4, 0.5) is 0 Å². The molecule has 0 radical (unpaired) electrons. The second-order valence-corrected chi connectivity index (χ2v) is 10.2. The van der Waals surface area contributed by atoms with Gasteiger partial charge >= 0.3 is 0 Å². The lowest BCUT2D eigenvalue weighted by Crippen LogP contribution is -2.45. The highest BCUT2D eigenvalue weighted by atomic mass is 16.3. The van der Waals surface area contributed by atoms with Gasteiger partial charge in [0.1, 0.15) is 0 Å². The number of carbonyl (C=O) groups is 1. The summed E-state index contributed by atoms with van der Waals surface area (Å²) in [6.45, 7) is 4.22. The van der Waals surface area contributed by atoms with E-state index in [1.165, 1.54) is 77.0 Å². The first-order valence-electron chi connectivity index (χ1n) is 15.2. The van der Waals surface area contributed by atoms with E-state index >= 15 is 0 Å². The number of carbonyl (C=O) groups excluding carboxylic acids is 1. The van der Waals surface area contributed by atoms with Crippen molar-refractivity contribution >= 4 is 5.91 Å². The number of allylic oxidation sites excluding steroid dienone is 5. The van der Waals surface area contributed by atoms with E-state index in [4.69, 9.17) is 0 Å². The van der Waals surface area contributed by atoms with Gasteiger partial charge in [-0.25, -0.2) is 0 Å². The van der Waals surface area contributed by atoms with E-state index in [-0.39, 0.29) is 12.5 Å². The predicted octanol–water partition coefficient (Wildman–Crippen LogP) is 8.33. The number of rotatable bonds is 26. The molecule has 0 rings (SSSR count). The zero-order valence-electron chi connectivity index (χ0n) is 23.8. The molecule has 3 N–H and O–H groups in total. The van der Waals surface area contributed by atoms with Crippen LogP contribution < -0.4 is 5.32 Å². The van der Waals surface area contributed by atoms with Crippen LogP contribution >= 0.6 is 0 Å². The molecule has 0 saturated carbocycles. The minimum atomic E-state index is -0.860. The van der Waals surface area contributed by atoms with Crippen molar-refractivity contribution in [3.63, 3.8) is 0 Å². The largest absolute Gasteiger partial charge is 0.394 e. The Kier molecular flexibility index (Phi) is 27.1. The number of aliphatic hydroxyl groups excluding tert-OH is 2. The Morgan fingerprint density at radius 3 is 1.64 bits per heavy atom. The number of amides is 1. The van der Waals surface area contributed by atoms with E-state index in [0.717, 1.165) is 44.9 Å². The number of hydrogen-bond donors (Lipinski definition) is 3. The molecular formula is C32H59NO3. The summed E-state index contributed by atoms with van der Waals surface area (Å²) in [4.78, 5) is 12.2. The van der Waals surface area contributed by atoms with Crippen LogP contribution in [0.5, 0.6) is 0 Å². The first-order valence-corrected chi connectivity index (χ1v) is 15.2. The van der Waals surface area contributed by atoms with Gasteiger partial charge < -0.3 is 15.5 Å². The summed E-state index contributed by atoms with van der Waals surface area (Å²) in [7, 11) is 0. The maximum atomic E-state index is 12.2. The summed E-state index contributed by atoms with van der Waals surface area (Å²) in [6, 6.07) is -0.638. The van der Waals surface area contributed by atoms with Gasteiger partial charge in [-0.2, -0.15) is 0 Å². The average molecular weight is 506 g/mol. The van der Waals surface area contributed by atoms with Crippen molar-refractivity contribution in [3.8, 4) is 0 Å². The minimum absolute atomic E-state index is 0.0885. The molecule has 0 saturated heterocycles. The smallest absolute Gasteiger partial charge is 0.220 e. The van der Waals surface area contributed by atoms with E-state index in [1.54, 1.807) is 6.08 Å². The fourth-order valence-corrected chi connectivity index (χ4v) is 4.18. The molecule has 0 heterocycles. The second-order valence-electron chi connectivity index (χ2n) is 10.2. The zero-order chi connectivity index (χ0) is 26.5. The third-order valence-electron chi connectivity index (χ3n) is 6.60. The standard InChI is InChI=1S/C32H59NO3/c1-3-5-7-9-11-13-15-16-18-20-22-24-26-28-32(36)33-30(29-34)31(35)27-25-23-21-19-17-14-12-10-8-6-4-2/h13,15,17,19,25,27,30-31,34-35H,3-12,14,16,18,20-24,26,28-29H2,1-2H3,(H,33,36)/b15-13-,19-17+,27-25+. The van der Waals surface area contributed by atoms with Gasteiger partial charge in [-0.3, -0.25) is 4.79 Å². The molecule has 0 aliphatic heterocycles. The Bertz CT molecular complexity index is 556. The molecule has 0 aromatic rings. The van der Waals surface area contributed by atoms with Crippen LogP contribution in [0.1, 0.15) is 142 Å². The molecule has 0 aliphatic rings. The number of hydrogen-bond acceptors (Lipinski definition) is 3. The average Bonchev–Trinajstić information content (AvgIpc) is 2.88. The van der Waals surface area contributed by atoms with Crippen LogP contribution in [0.15, 0.2) is 36.5 Å². The molecule has 0 bridgehead atoms. The topological polar surface area (TPSA) is 69.6 Å². The second kappa shape index (κ2) is 28.2. The molecule has 0 spiro atoms. The Labute approximate surface area is 223 Å². The maximum absolute atomic E-state index is 12.2. The molecular weight excluding hydrogens is 446 g/mol. The number of unbranched alkanes of at least 4 members (excludes halogenated alkanes) is 15. The van der Waals surface area contributed by atoms with Crippen molar-refractivity contribution in [3.05, 3.63) is 36.5 Å². The highest BCUT2D eigenvalue weighted by molar-refractivity contribution is 5.76. The molecule has 36 heavy (non-hydrogen) atoms. The Balaban J connectivity index is 3.76. The molecule has 0 aromatic heterocycles. The lowest BCUT2D eigenvalue weighted by molar-refractivity contribution is -0.123. The van der Waals surface area contributed by atoms with E-state index in [0.29, 0.717) is 6.42 Å². The van der Waals surface area contributed by atoms with Crippen LogP contribution in [-0.4, -0.2) is 34.9 Å². The zero-order valence-corrected chi connectivity index (χ0v) is 23.8. The molecule has 0 aliphatic carbocycles. The molecule has 0 aromatic carbocycles. The SMILES string of the molecule is CCCCCC/C=C\CCCCCCCC(=O)NC(CO)C(O)/C=C/CC/C=C/CCCCCCC. The summed E-state index contributed by atoms with van der Waals surface area (Å²) in [5, 5.41) is 22.7. The molecule has 210 valence electrons. The van der Waals surface area contributed by atoms with Crippen LogP contribution in [0.2, 0.25) is 0 Å². The third-order valence-corrected chi connectivity index (χ3v) is 6.60. The summed E-state index contributed by atoms with van der Waals surface area (Å²) in [5.41, 5.74) is 0. The molecule has 2 unspecified atom stereocenters. The maximum Gasteiger partial charge on any atom is 0.220 e. The van der Waals surface area contributed by atoms with Gasteiger partial charge in [-0.15, -0.1) is 0 Å². The van der Waals surface area contributed by atoms with Gasteiger partial charge in [0.25, 0.3) is 0 Å². The molecule has 2 atom stereocenters. The lowest BCUT2D eigenvalue weighted by atomic mass is 10.1. The van der Waals surface area contributed by atoms with Gasteiger partial charge in [-0.05, 0) is 57.8 Å². The van der Waals surface area contributed by atoms with Crippen LogP contribution in [-0.2, 0) is 4.79 Å². The van der Waals surface area contributed by atoms with Crippen molar-refractivity contribution in [1.29, 1.82) is 0 Å². The van der Waals surface area contributed by atoms with E-state index in [2.05, 4.69) is 43.5 Å². The van der Waals surface area contributed by atoms with Crippen LogP contribution in [0.3, 0.4) is 0 Å². The van der Waals surface area contributed by atoms with E-state index < -0.39 is 12.1 Å². The predicted molar refractivity (Wildman–Crippen MR) is 156 cm³/mol. The third kappa shape index (κ3) is 24.3. The van der Waals surface area contributed by atoms with Crippen molar-refractivity contribution < 1.29 is 15.0 Å². The van der Waals surface area contributed by atoms with E-state index in [1.807, 2.05) is 6.08 Å². The Hall–Kier alpha value is -1.39. The first-order chi connectivity index (χ1) is 17.7. The number of nitrogens with one attached hydrogen (secondary N) is 1. The van der Waals surface area contributed by atoms with Gasteiger partial charge in [0.2, 0.25) is 5.91 Å². The molecule has 4 heteroatoms. The molecule has 0 fully saturated rings. The van der Waals surface area contributed by atoms with Gasteiger partial charge in [0.05, 0.1) is 18.8 Å². The highest BCUT2D eigenvalue weighted by Crippen LogP contribution is 2.10. The molecule has 1 amide bonds. The van der Waals surface area contributed by atoms with Crippen LogP contribution in [0, 0.1) is 0 Å². The Morgan fingerprint density at radius 1 is 0.639 bits per heavy atom. The monoisotopic (exact) mass is 505 g/mol.